The number of aliphatic carboxylic acids is 1. The molecule has 0 saturated carbocycles. The summed E-state index contributed by atoms with van der Waals surface area (Å²) >= 11 is 2.92. The number of sulfonamides is 1. The minimum Gasteiger partial charge on any atom is -0.480 e. The van der Waals surface area contributed by atoms with E-state index in [0.29, 0.717) is 0 Å². The molecule has 0 fully saturated rings. The van der Waals surface area contributed by atoms with Gasteiger partial charge in [-0.05, 0) is 15.9 Å². The Hall–Kier alpha value is -1.53. The minimum absolute atomic E-state index is 0.00782. The Morgan fingerprint density at radius 3 is 2.53 bits per heavy atom. The highest BCUT2D eigenvalue weighted by atomic mass is 79.9. The predicted molar refractivity (Wildman–Crippen MR) is 64.5 cm³/mol. The van der Waals surface area contributed by atoms with Crippen molar-refractivity contribution in [1.82, 2.24) is 25.0 Å². The quantitative estimate of drug-likeness (QED) is 0.538. The molecular formula is C7H10BrN5O5S. The van der Waals surface area contributed by atoms with Crippen LogP contribution < -0.4 is 10.0 Å². The molecule has 0 saturated heterocycles. The molecule has 1 aromatic rings. The number of rotatable bonds is 6. The van der Waals surface area contributed by atoms with Crippen LogP contribution in [0, 0.1) is 0 Å². The Labute approximate surface area is 116 Å². The Morgan fingerprint density at radius 2 is 2.05 bits per heavy atom. The number of hydrogen-bond donors (Lipinski definition) is 3. The smallest absolute Gasteiger partial charge is 0.322 e. The van der Waals surface area contributed by atoms with Crippen molar-refractivity contribution in [3.05, 3.63) is 4.60 Å². The molecule has 0 atom stereocenters. The number of amides is 1. The molecule has 1 aromatic heterocycles. The van der Waals surface area contributed by atoms with Gasteiger partial charge >= 0.3 is 5.97 Å². The first kappa shape index (κ1) is 15.5. The van der Waals surface area contributed by atoms with Crippen LogP contribution in [0.5, 0.6) is 0 Å². The molecule has 12 heteroatoms. The van der Waals surface area contributed by atoms with Gasteiger partial charge in [-0.1, -0.05) is 5.21 Å². The van der Waals surface area contributed by atoms with Gasteiger partial charge in [0.25, 0.3) is 10.0 Å². The van der Waals surface area contributed by atoms with Crippen molar-refractivity contribution < 1.29 is 23.1 Å². The van der Waals surface area contributed by atoms with E-state index in [1.165, 1.54) is 7.05 Å². The molecule has 0 aliphatic carbocycles. The Bertz CT molecular complexity index is 578. The first-order chi connectivity index (χ1) is 8.74. The molecule has 0 unspecified atom stereocenters. The van der Waals surface area contributed by atoms with E-state index >= 15 is 0 Å². The molecule has 10 nitrogen and oxygen atoms in total. The van der Waals surface area contributed by atoms with E-state index in [0.717, 1.165) is 4.68 Å². The average molecular weight is 356 g/mol. The van der Waals surface area contributed by atoms with Gasteiger partial charge in [-0.15, -0.1) is 5.10 Å². The van der Waals surface area contributed by atoms with Gasteiger partial charge < -0.3 is 10.4 Å². The number of carboxylic acid groups (broad SMARTS) is 1. The van der Waals surface area contributed by atoms with Gasteiger partial charge in [-0.2, -0.15) is 0 Å². The number of carbonyl (C=O) groups excluding carboxylic acids is 1. The van der Waals surface area contributed by atoms with Crippen LogP contribution in [0.25, 0.3) is 0 Å². The standard InChI is InChI=1S/C7H10BrN5O5S/c1-13-7(6(8)11-12-13)19(17,18)10-2-4(14)9-3-5(15)16/h10H,2-3H2,1H3,(H,9,14)(H,15,16). The third-order valence-electron chi connectivity index (χ3n) is 1.85. The fraction of sp³-hybridized carbons (Fsp3) is 0.429. The van der Waals surface area contributed by atoms with E-state index in [1.807, 2.05) is 10.0 Å². The molecule has 0 aliphatic rings. The second-order valence-corrected chi connectivity index (χ2v) is 5.74. The summed E-state index contributed by atoms with van der Waals surface area (Å²) < 4.78 is 26.7. The molecule has 106 valence electrons. The van der Waals surface area contributed by atoms with Crippen molar-refractivity contribution >= 4 is 37.8 Å². The third kappa shape index (κ3) is 4.25. The first-order valence-electron chi connectivity index (χ1n) is 4.77. The number of aryl methyl sites for hydroxylation is 1. The zero-order chi connectivity index (χ0) is 14.6. The lowest BCUT2D eigenvalue weighted by Gasteiger charge is -2.06. The highest BCUT2D eigenvalue weighted by molar-refractivity contribution is 9.10. The van der Waals surface area contributed by atoms with Gasteiger partial charge in [0.2, 0.25) is 10.9 Å². The Kier molecular flexibility index (Phi) is 4.97. The first-order valence-corrected chi connectivity index (χ1v) is 7.05. The minimum atomic E-state index is -3.98. The lowest BCUT2D eigenvalue weighted by atomic mass is 10.5. The van der Waals surface area contributed by atoms with Gasteiger partial charge in [-0.3, -0.25) is 9.59 Å². The highest BCUT2D eigenvalue weighted by Crippen LogP contribution is 2.16. The number of hydrogen-bond acceptors (Lipinski definition) is 6. The van der Waals surface area contributed by atoms with Crippen LogP contribution >= 0.6 is 15.9 Å². The monoisotopic (exact) mass is 355 g/mol. The van der Waals surface area contributed by atoms with Gasteiger partial charge in [0.15, 0.2) is 4.60 Å². The predicted octanol–water partition coefficient (Wildman–Crippen LogP) is -1.94. The topological polar surface area (TPSA) is 143 Å². The Morgan fingerprint density at radius 1 is 1.42 bits per heavy atom. The van der Waals surface area contributed by atoms with E-state index < -0.39 is 35.0 Å². The van der Waals surface area contributed by atoms with Crippen LogP contribution in [0.4, 0.5) is 0 Å². The third-order valence-corrected chi connectivity index (χ3v) is 4.14. The molecule has 19 heavy (non-hydrogen) atoms. The summed E-state index contributed by atoms with van der Waals surface area (Å²) in [5.74, 6) is -1.99. The van der Waals surface area contributed by atoms with Crippen LogP contribution in [-0.2, 0) is 26.7 Å². The molecule has 0 radical (unpaired) electrons. The fourth-order valence-electron chi connectivity index (χ4n) is 1.07. The summed E-state index contributed by atoms with van der Waals surface area (Å²) in [6.45, 7) is -1.18. The average Bonchev–Trinajstić information content (AvgIpc) is 2.64. The number of nitrogens with zero attached hydrogens (tertiary/aromatic N) is 3. The van der Waals surface area contributed by atoms with Crippen molar-refractivity contribution in [1.29, 1.82) is 0 Å². The maximum Gasteiger partial charge on any atom is 0.322 e. The van der Waals surface area contributed by atoms with E-state index in [1.54, 1.807) is 0 Å². The molecule has 1 amide bonds. The Balaban J connectivity index is 2.67. The molecule has 3 N–H and O–H groups in total. The second-order valence-electron chi connectivity index (χ2n) is 3.30. The lowest BCUT2D eigenvalue weighted by Crippen LogP contribution is -2.39. The number of halogens is 1. The molecule has 0 aromatic carbocycles. The van der Waals surface area contributed by atoms with E-state index in [9.17, 15) is 18.0 Å². The van der Waals surface area contributed by atoms with Crippen molar-refractivity contribution in [3.63, 3.8) is 0 Å². The zero-order valence-electron chi connectivity index (χ0n) is 9.62. The molecule has 0 aliphatic heterocycles. The molecule has 1 rings (SSSR count). The van der Waals surface area contributed by atoms with E-state index in [4.69, 9.17) is 5.11 Å². The normalized spacial score (nSPS) is 11.3. The van der Waals surface area contributed by atoms with E-state index in [2.05, 4.69) is 26.2 Å². The summed E-state index contributed by atoms with van der Waals surface area (Å²) in [7, 11) is -2.61. The SMILES string of the molecule is Cn1nnc(Br)c1S(=O)(=O)NCC(=O)NCC(=O)O. The molecule has 1 heterocycles. The summed E-state index contributed by atoms with van der Waals surface area (Å²) in [6, 6.07) is 0. The summed E-state index contributed by atoms with van der Waals surface area (Å²) in [6.07, 6.45) is 0. The molecule has 0 bridgehead atoms. The maximum absolute atomic E-state index is 11.8. The fourth-order valence-corrected chi connectivity index (χ4v) is 3.15. The van der Waals surface area contributed by atoms with Gasteiger partial charge in [0.05, 0.1) is 6.54 Å². The number of aromatic nitrogens is 3. The molecule has 0 spiro atoms. The van der Waals surface area contributed by atoms with E-state index in [-0.39, 0.29) is 9.63 Å². The summed E-state index contributed by atoms with van der Waals surface area (Å²) in [4.78, 5) is 21.4. The number of nitrogens with one attached hydrogen (secondary N) is 2. The van der Waals surface area contributed by atoms with Crippen LogP contribution in [0.3, 0.4) is 0 Å². The van der Waals surface area contributed by atoms with Crippen LogP contribution in [-0.4, -0.2) is 53.5 Å². The zero-order valence-corrected chi connectivity index (χ0v) is 12.0. The van der Waals surface area contributed by atoms with Crippen molar-refractivity contribution in [2.24, 2.45) is 7.05 Å². The van der Waals surface area contributed by atoms with Crippen LogP contribution in [0.15, 0.2) is 9.63 Å². The van der Waals surface area contributed by atoms with Gasteiger partial charge in [-0.25, -0.2) is 17.8 Å². The van der Waals surface area contributed by atoms with Gasteiger partial charge in [0.1, 0.15) is 6.54 Å². The summed E-state index contributed by atoms with van der Waals surface area (Å²) in [5, 5.41) is 17.1. The number of carboxylic acids is 1. The summed E-state index contributed by atoms with van der Waals surface area (Å²) in [5.41, 5.74) is 0. The molecular weight excluding hydrogens is 346 g/mol. The number of carbonyl (C=O) groups is 2. The highest BCUT2D eigenvalue weighted by Gasteiger charge is 2.24. The van der Waals surface area contributed by atoms with Crippen molar-refractivity contribution in [2.75, 3.05) is 13.1 Å². The van der Waals surface area contributed by atoms with Crippen molar-refractivity contribution in [3.8, 4) is 0 Å². The van der Waals surface area contributed by atoms with Crippen LogP contribution in [0.2, 0.25) is 0 Å². The maximum atomic E-state index is 11.8. The van der Waals surface area contributed by atoms with Crippen LogP contribution in [0.1, 0.15) is 0 Å². The van der Waals surface area contributed by atoms with Crippen molar-refractivity contribution in [2.45, 2.75) is 5.03 Å². The lowest BCUT2D eigenvalue weighted by molar-refractivity contribution is -0.137. The van der Waals surface area contributed by atoms with Gasteiger partial charge in [0, 0.05) is 7.05 Å². The largest absolute Gasteiger partial charge is 0.480 e. The second kappa shape index (κ2) is 6.08.